The van der Waals surface area contributed by atoms with Gasteiger partial charge in [-0.1, -0.05) is 19.4 Å². The number of unbranched alkanes of at least 4 members (excludes halogenated alkanes) is 1. The topological polar surface area (TPSA) is 90.1 Å². The van der Waals surface area contributed by atoms with E-state index in [-0.39, 0.29) is 23.1 Å². The van der Waals surface area contributed by atoms with Crippen LogP contribution in [0, 0.1) is 15.9 Å². The van der Waals surface area contributed by atoms with Crippen molar-refractivity contribution in [3.63, 3.8) is 0 Å². The van der Waals surface area contributed by atoms with E-state index in [4.69, 9.17) is 0 Å². The second-order valence-electron chi connectivity index (χ2n) is 6.22. The van der Waals surface area contributed by atoms with Gasteiger partial charge in [-0.05, 0) is 42.8 Å². The smallest absolute Gasteiger partial charge is 0.271 e. The van der Waals surface area contributed by atoms with E-state index in [1.165, 1.54) is 35.0 Å². The van der Waals surface area contributed by atoms with Gasteiger partial charge in [0.15, 0.2) is 0 Å². The van der Waals surface area contributed by atoms with E-state index < -0.39 is 4.92 Å². The molecule has 0 atom stereocenters. The first kappa shape index (κ1) is 19.2. The molecule has 0 saturated heterocycles. The van der Waals surface area contributed by atoms with Crippen LogP contribution < -0.4 is 5.32 Å². The normalized spacial score (nSPS) is 10.6. The molecule has 3 rings (SSSR count). The number of nitro benzene ring substituents is 1. The third-order valence-electron chi connectivity index (χ3n) is 4.18. The third kappa shape index (κ3) is 4.22. The Morgan fingerprint density at radius 1 is 1.21 bits per heavy atom. The number of hydrogen-bond donors (Lipinski definition) is 1. The van der Waals surface area contributed by atoms with Gasteiger partial charge >= 0.3 is 0 Å². The minimum atomic E-state index is -0.505. The van der Waals surface area contributed by atoms with Crippen molar-refractivity contribution < 1.29 is 14.1 Å². The Hall–Kier alpha value is -3.55. The molecule has 0 spiro atoms. The molecule has 144 valence electrons. The zero-order valence-electron chi connectivity index (χ0n) is 15.3. The molecule has 0 saturated carbocycles. The molecule has 1 N–H and O–H groups in total. The number of halogens is 1. The fourth-order valence-corrected chi connectivity index (χ4v) is 2.71. The van der Waals surface area contributed by atoms with Crippen molar-refractivity contribution in [3.8, 4) is 16.9 Å². The summed E-state index contributed by atoms with van der Waals surface area (Å²) in [4.78, 5) is 23.3. The fraction of sp³-hybridized carbons (Fsp3) is 0.200. The average Bonchev–Trinajstić information content (AvgIpc) is 3.14. The second-order valence-corrected chi connectivity index (χ2v) is 6.22. The van der Waals surface area contributed by atoms with E-state index in [2.05, 4.69) is 10.4 Å². The molecule has 3 aromatic rings. The molecule has 2 aromatic carbocycles. The summed E-state index contributed by atoms with van der Waals surface area (Å²) in [7, 11) is 0. The van der Waals surface area contributed by atoms with Crippen molar-refractivity contribution in [1.29, 1.82) is 0 Å². The van der Waals surface area contributed by atoms with E-state index in [1.54, 1.807) is 24.3 Å². The molecule has 28 heavy (non-hydrogen) atoms. The molecule has 1 heterocycles. The van der Waals surface area contributed by atoms with Crippen LogP contribution in [0.25, 0.3) is 16.9 Å². The average molecular weight is 382 g/mol. The van der Waals surface area contributed by atoms with Gasteiger partial charge in [0.05, 0.1) is 16.3 Å². The number of nitrogens with one attached hydrogen (secondary N) is 1. The van der Waals surface area contributed by atoms with Crippen molar-refractivity contribution in [2.45, 2.75) is 19.8 Å². The first-order chi connectivity index (χ1) is 13.5. The van der Waals surface area contributed by atoms with Crippen LogP contribution in [0.2, 0.25) is 0 Å². The fourth-order valence-electron chi connectivity index (χ4n) is 2.71. The minimum Gasteiger partial charge on any atom is -0.351 e. The molecule has 0 radical (unpaired) electrons. The van der Waals surface area contributed by atoms with Gasteiger partial charge in [-0.15, -0.1) is 0 Å². The number of nitrogens with zero attached hydrogens (tertiary/aromatic N) is 3. The summed E-state index contributed by atoms with van der Waals surface area (Å²) in [5.74, 6) is -0.708. The van der Waals surface area contributed by atoms with E-state index in [9.17, 15) is 19.3 Å². The number of amides is 1. The number of aromatic nitrogens is 2. The molecule has 0 aliphatic heterocycles. The maximum atomic E-state index is 13.2. The van der Waals surface area contributed by atoms with Crippen molar-refractivity contribution in [3.05, 3.63) is 76.2 Å². The number of non-ortho nitro benzene ring substituents is 1. The maximum Gasteiger partial charge on any atom is 0.271 e. The lowest BCUT2D eigenvalue weighted by atomic mass is 10.1. The van der Waals surface area contributed by atoms with Gasteiger partial charge in [0.1, 0.15) is 11.5 Å². The highest BCUT2D eigenvalue weighted by Gasteiger charge is 2.19. The predicted molar refractivity (Wildman–Crippen MR) is 103 cm³/mol. The largest absolute Gasteiger partial charge is 0.351 e. The Bertz CT molecular complexity index is 999. The monoisotopic (exact) mass is 382 g/mol. The van der Waals surface area contributed by atoms with Gasteiger partial charge in [0.25, 0.3) is 11.6 Å². The van der Waals surface area contributed by atoms with Crippen molar-refractivity contribution in [1.82, 2.24) is 15.1 Å². The highest BCUT2D eigenvalue weighted by molar-refractivity contribution is 5.94. The minimum absolute atomic E-state index is 0.103. The third-order valence-corrected chi connectivity index (χ3v) is 4.18. The highest BCUT2D eigenvalue weighted by atomic mass is 19.1. The van der Waals surface area contributed by atoms with Crippen LogP contribution in [0.3, 0.4) is 0 Å². The first-order valence-corrected chi connectivity index (χ1v) is 8.88. The van der Waals surface area contributed by atoms with Gasteiger partial charge in [0, 0.05) is 24.2 Å². The maximum absolute atomic E-state index is 13.2. The van der Waals surface area contributed by atoms with Crippen LogP contribution in [0.15, 0.2) is 54.6 Å². The van der Waals surface area contributed by atoms with Crippen molar-refractivity contribution >= 4 is 11.6 Å². The number of nitro groups is 1. The molecule has 0 aliphatic rings. The van der Waals surface area contributed by atoms with Crippen LogP contribution in [0.1, 0.15) is 30.3 Å². The van der Waals surface area contributed by atoms with E-state index in [0.29, 0.717) is 23.5 Å². The predicted octanol–water partition coefficient (Wildman–Crippen LogP) is 4.12. The standard InChI is InChI=1S/C20H19FN4O3/c1-2-3-11-22-20(26)19-13-18(14-7-9-15(21)10-8-14)23-24(19)16-5-4-6-17(12-16)25(27)28/h4-10,12-13H,2-3,11H2,1H3,(H,22,26). The first-order valence-electron chi connectivity index (χ1n) is 8.88. The number of benzene rings is 2. The van der Waals surface area contributed by atoms with Crippen LogP contribution >= 0.6 is 0 Å². The molecule has 1 amide bonds. The molecule has 1 aromatic heterocycles. The Labute approximate surface area is 161 Å². The Balaban J connectivity index is 2.05. The lowest BCUT2D eigenvalue weighted by Crippen LogP contribution is -2.26. The Kier molecular flexibility index (Phi) is 5.78. The molecule has 0 fully saturated rings. The second kappa shape index (κ2) is 8.43. The molecular weight excluding hydrogens is 363 g/mol. The van der Waals surface area contributed by atoms with Gasteiger partial charge < -0.3 is 5.32 Å². The Morgan fingerprint density at radius 2 is 1.96 bits per heavy atom. The molecular formula is C20H19FN4O3. The summed E-state index contributed by atoms with van der Waals surface area (Å²) < 4.78 is 14.6. The lowest BCUT2D eigenvalue weighted by molar-refractivity contribution is -0.384. The van der Waals surface area contributed by atoms with Gasteiger partial charge in [0.2, 0.25) is 0 Å². The summed E-state index contributed by atoms with van der Waals surface area (Å²) in [5, 5.41) is 18.4. The van der Waals surface area contributed by atoms with Crippen molar-refractivity contribution in [2.24, 2.45) is 0 Å². The summed E-state index contributed by atoms with van der Waals surface area (Å²) in [6.07, 6.45) is 1.77. The van der Waals surface area contributed by atoms with Crippen LogP contribution in [0.5, 0.6) is 0 Å². The zero-order chi connectivity index (χ0) is 20.1. The van der Waals surface area contributed by atoms with Gasteiger partial charge in [-0.3, -0.25) is 14.9 Å². The van der Waals surface area contributed by atoms with Crippen LogP contribution in [-0.4, -0.2) is 27.2 Å². The number of carbonyl (C=O) groups excluding carboxylic acids is 1. The quantitative estimate of drug-likeness (QED) is 0.378. The van der Waals surface area contributed by atoms with E-state index >= 15 is 0 Å². The van der Waals surface area contributed by atoms with Gasteiger partial charge in [-0.2, -0.15) is 5.10 Å². The van der Waals surface area contributed by atoms with Crippen LogP contribution in [0.4, 0.5) is 10.1 Å². The molecule has 0 aliphatic carbocycles. The molecule has 0 unspecified atom stereocenters. The number of hydrogen-bond acceptors (Lipinski definition) is 4. The zero-order valence-corrected chi connectivity index (χ0v) is 15.3. The summed E-state index contributed by atoms with van der Waals surface area (Å²) in [6, 6.07) is 13.2. The summed E-state index contributed by atoms with van der Waals surface area (Å²) >= 11 is 0. The van der Waals surface area contributed by atoms with Gasteiger partial charge in [-0.25, -0.2) is 9.07 Å². The molecule has 0 bridgehead atoms. The summed E-state index contributed by atoms with van der Waals surface area (Å²) in [6.45, 7) is 2.54. The SMILES string of the molecule is CCCCNC(=O)c1cc(-c2ccc(F)cc2)nn1-c1cccc([N+](=O)[O-])c1. The van der Waals surface area contributed by atoms with Crippen LogP contribution in [-0.2, 0) is 0 Å². The van der Waals surface area contributed by atoms with E-state index in [1.807, 2.05) is 6.92 Å². The lowest BCUT2D eigenvalue weighted by Gasteiger charge is -2.08. The summed E-state index contributed by atoms with van der Waals surface area (Å²) in [5.41, 5.74) is 1.63. The number of carbonyl (C=O) groups is 1. The number of rotatable bonds is 7. The molecule has 7 nitrogen and oxygen atoms in total. The highest BCUT2D eigenvalue weighted by Crippen LogP contribution is 2.24. The Morgan fingerprint density at radius 3 is 2.64 bits per heavy atom. The molecule has 8 heteroatoms. The van der Waals surface area contributed by atoms with E-state index in [0.717, 1.165) is 12.8 Å². The van der Waals surface area contributed by atoms with Crippen molar-refractivity contribution in [2.75, 3.05) is 6.54 Å².